The molecule has 1 heterocycles. The maximum absolute atomic E-state index is 13.3. The van der Waals surface area contributed by atoms with Crippen LogP contribution in [0.25, 0.3) is 10.1 Å². The summed E-state index contributed by atoms with van der Waals surface area (Å²) in [4.78, 5) is 0. The molecular formula is C9H6BrFOS. The molecule has 0 spiro atoms. The molecule has 0 amide bonds. The Labute approximate surface area is 86.9 Å². The number of benzene rings is 1. The van der Waals surface area contributed by atoms with E-state index in [1.807, 2.05) is 5.38 Å². The molecule has 1 N–H and O–H groups in total. The van der Waals surface area contributed by atoms with Crippen LogP contribution in [0.15, 0.2) is 17.5 Å². The average Bonchev–Trinajstić information content (AvgIpc) is 2.59. The van der Waals surface area contributed by atoms with Gasteiger partial charge in [-0.25, -0.2) is 4.39 Å². The summed E-state index contributed by atoms with van der Waals surface area (Å²) < 4.78 is 14.2. The number of aromatic hydroxyl groups is 1. The first-order valence-electron chi connectivity index (χ1n) is 3.67. The molecule has 1 aromatic heterocycles. The van der Waals surface area contributed by atoms with Crippen LogP contribution in [0, 0.1) is 5.82 Å². The minimum Gasteiger partial charge on any atom is -0.504 e. The van der Waals surface area contributed by atoms with Crippen molar-refractivity contribution >= 4 is 37.4 Å². The van der Waals surface area contributed by atoms with Crippen LogP contribution in [0.3, 0.4) is 0 Å². The number of phenols is 1. The second-order valence-corrected chi connectivity index (χ2v) is 4.17. The zero-order chi connectivity index (χ0) is 9.42. The number of thiophene rings is 1. The summed E-state index contributed by atoms with van der Waals surface area (Å²) in [5.74, 6) is -0.768. The van der Waals surface area contributed by atoms with Crippen LogP contribution in [0.5, 0.6) is 5.75 Å². The third-order valence-electron chi connectivity index (χ3n) is 1.89. The molecule has 0 saturated carbocycles. The molecule has 0 aliphatic carbocycles. The first-order valence-corrected chi connectivity index (χ1v) is 5.67. The van der Waals surface area contributed by atoms with E-state index in [0.717, 1.165) is 4.70 Å². The average molecular weight is 261 g/mol. The maximum atomic E-state index is 13.3. The first-order chi connectivity index (χ1) is 6.24. The molecule has 0 aliphatic heterocycles. The van der Waals surface area contributed by atoms with E-state index < -0.39 is 5.82 Å². The van der Waals surface area contributed by atoms with Gasteiger partial charge in [0.15, 0.2) is 11.6 Å². The van der Waals surface area contributed by atoms with E-state index in [9.17, 15) is 9.50 Å². The van der Waals surface area contributed by atoms with Crippen LogP contribution in [0.4, 0.5) is 4.39 Å². The Hall–Kier alpha value is -0.610. The summed E-state index contributed by atoms with van der Waals surface area (Å²) in [6.45, 7) is 0. The lowest BCUT2D eigenvalue weighted by Crippen LogP contribution is -1.86. The maximum Gasteiger partial charge on any atom is 0.169 e. The monoisotopic (exact) mass is 260 g/mol. The van der Waals surface area contributed by atoms with Gasteiger partial charge in [0.25, 0.3) is 0 Å². The van der Waals surface area contributed by atoms with Gasteiger partial charge in [0, 0.05) is 21.0 Å². The molecule has 1 nitrogen and oxygen atoms in total. The molecule has 0 unspecified atom stereocenters. The minimum atomic E-state index is -0.525. The van der Waals surface area contributed by atoms with Gasteiger partial charge in [-0.3, -0.25) is 0 Å². The normalized spacial score (nSPS) is 10.9. The van der Waals surface area contributed by atoms with Crippen LogP contribution in [0.2, 0.25) is 0 Å². The van der Waals surface area contributed by atoms with Crippen molar-refractivity contribution in [2.24, 2.45) is 0 Å². The molecule has 0 atom stereocenters. The molecule has 0 fully saturated rings. The number of rotatable bonds is 1. The van der Waals surface area contributed by atoms with Gasteiger partial charge in [-0.15, -0.1) is 11.3 Å². The summed E-state index contributed by atoms with van der Waals surface area (Å²) in [5.41, 5.74) is 0.493. The molecule has 2 rings (SSSR count). The van der Waals surface area contributed by atoms with Crippen molar-refractivity contribution in [3.63, 3.8) is 0 Å². The lowest BCUT2D eigenvalue weighted by Gasteiger charge is -2.02. The van der Waals surface area contributed by atoms with Crippen LogP contribution in [-0.2, 0) is 5.33 Å². The Balaban J connectivity index is 2.83. The largest absolute Gasteiger partial charge is 0.504 e. The van der Waals surface area contributed by atoms with Gasteiger partial charge in [-0.2, -0.15) is 0 Å². The number of hydrogen-bond acceptors (Lipinski definition) is 2. The van der Waals surface area contributed by atoms with Gasteiger partial charge in [0.1, 0.15) is 0 Å². The zero-order valence-electron chi connectivity index (χ0n) is 6.55. The van der Waals surface area contributed by atoms with Gasteiger partial charge >= 0.3 is 0 Å². The standard InChI is InChI=1S/C9H6BrFOS/c10-4-5-3-7-6(1-2-13-7)9(12)8(5)11/h1-3,12H,4H2. The lowest BCUT2D eigenvalue weighted by molar-refractivity contribution is 0.436. The molecular weight excluding hydrogens is 255 g/mol. The van der Waals surface area contributed by atoms with Gasteiger partial charge in [-0.1, -0.05) is 15.9 Å². The smallest absolute Gasteiger partial charge is 0.169 e. The Morgan fingerprint density at radius 2 is 2.31 bits per heavy atom. The number of halogens is 2. The quantitative estimate of drug-likeness (QED) is 0.777. The van der Waals surface area contributed by atoms with Crippen molar-refractivity contribution in [1.82, 2.24) is 0 Å². The summed E-state index contributed by atoms with van der Waals surface area (Å²) in [5, 5.41) is 12.3. The molecule has 2 aromatic rings. The minimum absolute atomic E-state index is 0.242. The lowest BCUT2D eigenvalue weighted by atomic mass is 10.1. The van der Waals surface area contributed by atoms with E-state index in [2.05, 4.69) is 15.9 Å². The number of alkyl halides is 1. The predicted octanol–water partition coefficient (Wildman–Crippen LogP) is 3.64. The second-order valence-electron chi connectivity index (χ2n) is 2.66. The molecule has 13 heavy (non-hydrogen) atoms. The summed E-state index contributed by atoms with van der Waals surface area (Å²) in [6.07, 6.45) is 0. The number of phenolic OH excluding ortho intramolecular Hbond substituents is 1. The van der Waals surface area contributed by atoms with Crippen molar-refractivity contribution in [1.29, 1.82) is 0 Å². The number of fused-ring (bicyclic) bond motifs is 1. The molecule has 68 valence electrons. The third kappa shape index (κ3) is 1.34. The highest BCUT2D eigenvalue weighted by Crippen LogP contribution is 2.34. The highest BCUT2D eigenvalue weighted by atomic mass is 79.9. The van der Waals surface area contributed by atoms with E-state index in [1.165, 1.54) is 11.3 Å². The van der Waals surface area contributed by atoms with E-state index in [0.29, 0.717) is 16.3 Å². The first kappa shape index (κ1) is 8.97. The summed E-state index contributed by atoms with van der Waals surface area (Å²) in [6, 6.07) is 3.47. The van der Waals surface area contributed by atoms with Gasteiger partial charge < -0.3 is 5.11 Å². The highest BCUT2D eigenvalue weighted by molar-refractivity contribution is 9.08. The molecule has 1 aromatic carbocycles. The van der Waals surface area contributed by atoms with Crippen LogP contribution in [-0.4, -0.2) is 5.11 Å². The fraction of sp³-hybridized carbons (Fsp3) is 0.111. The van der Waals surface area contributed by atoms with Crippen LogP contribution in [0.1, 0.15) is 5.56 Å². The highest BCUT2D eigenvalue weighted by Gasteiger charge is 2.11. The Bertz CT molecular complexity index is 452. The predicted molar refractivity (Wildman–Crippen MR) is 56.1 cm³/mol. The van der Waals surface area contributed by atoms with Crippen molar-refractivity contribution in [3.05, 3.63) is 28.9 Å². The zero-order valence-corrected chi connectivity index (χ0v) is 8.95. The van der Waals surface area contributed by atoms with Gasteiger partial charge in [0.2, 0.25) is 0 Å². The molecule has 4 heteroatoms. The van der Waals surface area contributed by atoms with E-state index in [-0.39, 0.29) is 5.75 Å². The fourth-order valence-corrected chi connectivity index (χ4v) is 2.48. The summed E-state index contributed by atoms with van der Waals surface area (Å²) in [7, 11) is 0. The van der Waals surface area contributed by atoms with E-state index in [4.69, 9.17) is 0 Å². The van der Waals surface area contributed by atoms with Crippen LogP contribution < -0.4 is 0 Å². The van der Waals surface area contributed by atoms with Crippen molar-refractivity contribution in [2.45, 2.75) is 5.33 Å². The Morgan fingerprint density at radius 3 is 3.00 bits per heavy atom. The number of hydrogen-bond donors (Lipinski definition) is 1. The second kappa shape index (κ2) is 3.27. The Kier molecular flexibility index (Phi) is 2.26. The van der Waals surface area contributed by atoms with E-state index in [1.54, 1.807) is 12.1 Å². The fourth-order valence-electron chi connectivity index (χ4n) is 1.22. The topological polar surface area (TPSA) is 20.2 Å². The molecule has 0 radical (unpaired) electrons. The SMILES string of the molecule is Oc1c(F)c(CBr)cc2sccc12. The molecule has 0 saturated heterocycles. The molecule has 0 aliphatic rings. The van der Waals surface area contributed by atoms with E-state index >= 15 is 0 Å². The van der Waals surface area contributed by atoms with Crippen molar-refractivity contribution in [2.75, 3.05) is 0 Å². The van der Waals surface area contributed by atoms with Crippen molar-refractivity contribution in [3.8, 4) is 5.75 Å². The van der Waals surface area contributed by atoms with Crippen molar-refractivity contribution < 1.29 is 9.50 Å². The molecule has 0 bridgehead atoms. The third-order valence-corrected chi connectivity index (χ3v) is 3.36. The van der Waals surface area contributed by atoms with Gasteiger partial charge in [-0.05, 0) is 17.5 Å². The van der Waals surface area contributed by atoms with Gasteiger partial charge in [0.05, 0.1) is 0 Å². The Morgan fingerprint density at radius 1 is 1.54 bits per heavy atom. The summed E-state index contributed by atoms with van der Waals surface area (Å²) >= 11 is 4.66. The van der Waals surface area contributed by atoms with Crippen LogP contribution >= 0.6 is 27.3 Å².